The SMILES string of the molecule is CCCCCCCCCCCCCl.Cc1ccccc1C(=O)C(=O)c1ccccc1C.N. The fourth-order valence-corrected chi connectivity index (χ4v) is 3.67. The Labute approximate surface area is 200 Å². The zero-order chi connectivity index (χ0) is 22.9. The van der Waals surface area contributed by atoms with Crippen LogP contribution in [-0.2, 0) is 0 Å². The van der Waals surface area contributed by atoms with Gasteiger partial charge >= 0.3 is 0 Å². The number of alkyl halides is 1. The van der Waals surface area contributed by atoms with Crippen LogP contribution < -0.4 is 6.15 Å². The fourth-order valence-electron chi connectivity index (χ4n) is 3.48. The van der Waals surface area contributed by atoms with E-state index in [-0.39, 0.29) is 6.15 Å². The highest BCUT2D eigenvalue weighted by Gasteiger charge is 2.20. The van der Waals surface area contributed by atoms with E-state index in [2.05, 4.69) is 6.92 Å². The first-order valence-corrected chi connectivity index (χ1v) is 12.3. The van der Waals surface area contributed by atoms with E-state index in [1.807, 2.05) is 38.1 Å². The van der Waals surface area contributed by atoms with Crippen molar-refractivity contribution < 1.29 is 9.59 Å². The van der Waals surface area contributed by atoms with Crippen LogP contribution in [0.2, 0.25) is 0 Å². The average molecular weight is 460 g/mol. The summed E-state index contributed by atoms with van der Waals surface area (Å²) in [5.74, 6) is -0.0407. The number of halogens is 1. The lowest BCUT2D eigenvalue weighted by atomic mass is 9.96. The second kappa shape index (κ2) is 18.6. The van der Waals surface area contributed by atoms with E-state index < -0.39 is 11.6 Å². The molecule has 3 N–H and O–H groups in total. The lowest BCUT2D eigenvalue weighted by molar-refractivity contribution is 0.0816. The number of unbranched alkanes of at least 4 members (excludes halogenated alkanes) is 9. The van der Waals surface area contributed by atoms with Crippen molar-refractivity contribution in [2.24, 2.45) is 0 Å². The summed E-state index contributed by atoms with van der Waals surface area (Å²) in [5, 5.41) is 0. The van der Waals surface area contributed by atoms with Crippen molar-refractivity contribution in [1.29, 1.82) is 0 Å². The molecule has 0 aliphatic heterocycles. The Morgan fingerprint density at radius 1 is 0.625 bits per heavy atom. The molecule has 2 aromatic rings. The molecule has 0 saturated heterocycles. The molecular weight excluding hydrogens is 418 g/mol. The molecule has 178 valence electrons. The molecule has 0 radical (unpaired) electrons. The van der Waals surface area contributed by atoms with Crippen molar-refractivity contribution in [2.75, 3.05) is 5.88 Å². The molecule has 0 amide bonds. The third-order valence-electron chi connectivity index (χ3n) is 5.47. The van der Waals surface area contributed by atoms with Crippen LogP contribution in [0.25, 0.3) is 0 Å². The van der Waals surface area contributed by atoms with Gasteiger partial charge in [-0.05, 0) is 31.4 Å². The number of aryl methyl sites for hydroxylation is 2. The maximum Gasteiger partial charge on any atom is 0.233 e. The van der Waals surface area contributed by atoms with Gasteiger partial charge in [0, 0.05) is 17.0 Å². The highest BCUT2D eigenvalue weighted by Crippen LogP contribution is 2.14. The largest absolute Gasteiger partial charge is 0.344 e. The fraction of sp³-hybridized carbons (Fsp3) is 0.500. The standard InChI is InChI=1S/C16H14O2.C12H25Cl.H3N/c1-11-7-3-5-9-13(11)15(17)16(18)14-10-6-4-8-12(14)2;1-2-3-4-5-6-7-8-9-10-11-12-13;/h3-10H,1-2H3;2-12H2,1H3;1H3. The number of rotatable bonds is 13. The average Bonchev–Trinajstić information content (AvgIpc) is 2.78. The van der Waals surface area contributed by atoms with Gasteiger partial charge in [0.05, 0.1) is 0 Å². The van der Waals surface area contributed by atoms with Gasteiger partial charge in [-0.1, -0.05) is 113 Å². The second-order valence-electron chi connectivity index (χ2n) is 8.16. The van der Waals surface area contributed by atoms with Gasteiger partial charge in [-0.2, -0.15) is 0 Å². The van der Waals surface area contributed by atoms with E-state index in [4.69, 9.17) is 11.6 Å². The minimum atomic E-state index is -0.442. The van der Waals surface area contributed by atoms with Crippen molar-refractivity contribution in [3.8, 4) is 0 Å². The van der Waals surface area contributed by atoms with Crippen LogP contribution in [0.3, 0.4) is 0 Å². The first kappa shape index (κ1) is 30.0. The molecule has 0 aromatic heterocycles. The van der Waals surface area contributed by atoms with Crippen molar-refractivity contribution in [1.82, 2.24) is 6.15 Å². The second-order valence-corrected chi connectivity index (χ2v) is 8.54. The van der Waals surface area contributed by atoms with Crippen LogP contribution in [0.15, 0.2) is 48.5 Å². The minimum Gasteiger partial charge on any atom is -0.344 e. The molecule has 0 aliphatic rings. The number of carbonyl (C=O) groups excluding carboxylic acids is 2. The number of carbonyl (C=O) groups is 2. The molecule has 0 bridgehead atoms. The van der Waals surface area contributed by atoms with Gasteiger partial charge in [-0.3, -0.25) is 9.59 Å². The van der Waals surface area contributed by atoms with E-state index >= 15 is 0 Å². The molecule has 3 nitrogen and oxygen atoms in total. The minimum absolute atomic E-state index is 0. The van der Waals surface area contributed by atoms with Crippen molar-refractivity contribution in [3.63, 3.8) is 0 Å². The van der Waals surface area contributed by atoms with Crippen LogP contribution in [0.1, 0.15) is 103 Å². The Hall–Kier alpha value is -1.97. The molecular formula is C28H42ClNO2. The Bertz CT molecular complexity index is 723. The van der Waals surface area contributed by atoms with E-state index in [1.54, 1.807) is 24.3 Å². The first-order chi connectivity index (χ1) is 15.0. The predicted molar refractivity (Wildman–Crippen MR) is 139 cm³/mol. The van der Waals surface area contributed by atoms with Crippen LogP contribution in [0.5, 0.6) is 0 Å². The number of ketones is 2. The van der Waals surface area contributed by atoms with E-state index in [0.29, 0.717) is 11.1 Å². The maximum atomic E-state index is 12.2. The Morgan fingerprint density at radius 2 is 0.969 bits per heavy atom. The van der Waals surface area contributed by atoms with E-state index in [1.165, 1.54) is 64.2 Å². The van der Waals surface area contributed by atoms with Gasteiger partial charge in [-0.25, -0.2) is 0 Å². The molecule has 0 spiro atoms. The summed E-state index contributed by atoms with van der Waals surface area (Å²) in [6.07, 6.45) is 13.9. The highest BCUT2D eigenvalue weighted by atomic mass is 35.5. The zero-order valence-corrected chi connectivity index (χ0v) is 21.1. The summed E-state index contributed by atoms with van der Waals surface area (Å²) in [7, 11) is 0. The molecule has 4 heteroatoms. The third kappa shape index (κ3) is 11.6. The molecule has 0 heterocycles. The Morgan fingerprint density at radius 3 is 1.31 bits per heavy atom. The summed E-state index contributed by atoms with van der Waals surface area (Å²) in [5.41, 5.74) is 2.60. The highest BCUT2D eigenvalue weighted by molar-refractivity contribution is 6.49. The molecule has 32 heavy (non-hydrogen) atoms. The summed E-state index contributed by atoms with van der Waals surface area (Å²) in [4.78, 5) is 24.3. The smallest absolute Gasteiger partial charge is 0.233 e. The van der Waals surface area contributed by atoms with Gasteiger partial charge < -0.3 is 6.15 Å². The molecule has 0 fully saturated rings. The molecule has 2 rings (SSSR count). The predicted octanol–water partition coefficient (Wildman–Crippen LogP) is 8.68. The Kier molecular flexibility index (Phi) is 17.4. The molecule has 0 aliphatic carbocycles. The number of benzene rings is 2. The maximum absolute atomic E-state index is 12.2. The van der Waals surface area contributed by atoms with Crippen molar-refractivity contribution in [3.05, 3.63) is 70.8 Å². The van der Waals surface area contributed by atoms with Gasteiger partial charge in [0.1, 0.15) is 0 Å². The molecule has 0 atom stereocenters. The van der Waals surface area contributed by atoms with Gasteiger partial charge in [0.15, 0.2) is 0 Å². The monoisotopic (exact) mass is 459 g/mol. The summed E-state index contributed by atoms with van der Waals surface area (Å²) in [6.45, 7) is 5.93. The molecule has 0 unspecified atom stereocenters. The number of hydrogen-bond donors (Lipinski definition) is 1. The van der Waals surface area contributed by atoms with E-state index in [0.717, 1.165) is 17.0 Å². The van der Waals surface area contributed by atoms with Gasteiger partial charge in [-0.15, -0.1) is 11.6 Å². The lowest BCUT2D eigenvalue weighted by Gasteiger charge is -2.06. The number of hydrogen-bond acceptors (Lipinski definition) is 3. The van der Waals surface area contributed by atoms with Gasteiger partial charge in [0.2, 0.25) is 11.6 Å². The first-order valence-electron chi connectivity index (χ1n) is 11.8. The van der Waals surface area contributed by atoms with Crippen LogP contribution in [0, 0.1) is 13.8 Å². The molecule has 0 saturated carbocycles. The normalized spacial score (nSPS) is 10.0. The number of Topliss-reactive ketones (excluding diaryl/α,β-unsaturated/α-hetero) is 2. The summed E-state index contributed by atoms with van der Waals surface area (Å²) >= 11 is 5.60. The topological polar surface area (TPSA) is 69.1 Å². The van der Waals surface area contributed by atoms with Crippen LogP contribution >= 0.6 is 11.6 Å². The summed E-state index contributed by atoms with van der Waals surface area (Å²) in [6, 6.07) is 14.3. The quantitative estimate of drug-likeness (QED) is 0.141. The summed E-state index contributed by atoms with van der Waals surface area (Å²) < 4.78 is 0. The van der Waals surface area contributed by atoms with E-state index in [9.17, 15) is 9.59 Å². The zero-order valence-electron chi connectivity index (χ0n) is 20.3. The lowest BCUT2D eigenvalue weighted by Crippen LogP contribution is -2.16. The Balaban J connectivity index is 0.000000617. The van der Waals surface area contributed by atoms with Crippen molar-refractivity contribution in [2.45, 2.75) is 85.0 Å². The van der Waals surface area contributed by atoms with Crippen LogP contribution in [-0.4, -0.2) is 17.4 Å². The van der Waals surface area contributed by atoms with Crippen molar-refractivity contribution >= 4 is 23.2 Å². The van der Waals surface area contributed by atoms with Gasteiger partial charge in [0.25, 0.3) is 0 Å². The molecule has 2 aromatic carbocycles. The van der Waals surface area contributed by atoms with Crippen LogP contribution in [0.4, 0.5) is 0 Å². The third-order valence-corrected chi connectivity index (χ3v) is 5.74.